The highest BCUT2D eigenvalue weighted by atomic mass is 32.1. The van der Waals surface area contributed by atoms with Crippen LogP contribution in [0.3, 0.4) is 0 Å². The number of hydrogen-bond donors (Lipinski definition) is 0. The summed E-state index contributed by atoms with van der Waals surface area (Å²) < 4.78 is 7.64. The Labute approximate surface area is 125 Å². The molecular weight excluding hydrogens is 284 g/mol. The third-order valence-corrected chi connectivity index (χ3v) is 4.38. The van der Waals surface area contributed by atoms with Crippen molar-refractivity contribution in [2.75, 3.05) is 0 Å². The van der Waals surface area contributed by atoms with Crippen LogP contribution >= 0.6 is 11.3 Å². The van der Waals surface area contributed by atoms with E-state index in [9.17, 15) is 0 Å². The summed E-state index contributed by atoms with van der Waals surface area (Å²) in [4.78, 5) is 0.816. The van der Waals surface area contributed by atoms with Gasteiger partial charge in [0.25, 0.3) is 0 Å². The molecule has 0 radical (unpaired) electrons. The van der Waals surface area contributed by atoms with Crippen molar-refractivity contribution in [3.8, 4) is 11.6 Å². The molecule has 1 aromatic carbocycles. The van der Waals surface area contributed by atoms with Gasteiger partial charge in [-0.15, -0.1) is 10.2 Å². The molecule has 5 nitrogen and oxygen atoms in total. The highest BCUT2D eigenvalue weighted by Gasteiger charge is 2.16. The SMILES string of the molecule is CCCCc1nn2c(-c3cc4ccccc4o3)nnc2s1. The Morgan fingerprint density at radius 1 is 1.24 bits per heavy atom. The van der Waals surface area contributed by atoms with Gasteiger partial charge >= 0.3 is 0 Å². The molecule has 0 aliphatic heterocycles. The highest BCUT2D eigenvalue weighted by Crippen LogP contribution is 2.28. The molecule has 0 atom stereocenters. The van der Waals surface area contributed by atoms with E-state index in [2.05, 4.69) is 22.2 Å². The van der Waals surface area contributed by atoms with Gasteiger partial charge in [-0.1, -0.05) is 42.9 Å². The third-order valence-electron chi connectivity index (χ3n) is 3.42. The molecule has 0 aliphatic carbocycles. The van der Waals surface area contributed by atoms with Crippen LogP contribution in [-0.2, 0) is 6.42 Å². The maximum Gasteiger partial charge on any atom is 0.235 e. The second-order valence-corrected chi connectivity index (χ2v) is 6.01. The topological polar surface area (TPSA) is 56.2 Å². The lowest BCUT2D eigenvalue weighted by molar-refractivity contribution is 0.621. The van der Waals surface area contributed by atoms with Gasteiger partial charge in [0.1, 0.15) is 10.6 Å². The van der Waals surface area contributed by atoms with Gasteiger partial charge in [-0.3, -0.25) is 0 Å². The van der Waals surface area contributed by atoms with Crippen LogP contribution in [0.1, 0.15) is 24.8 Å². The van der Waals surface area contributed by atoms with Crippen molar-refractivity contribution in [2.24, 2.45) is 0 Å². The Morgan fingerprint density at radius 3 is 3.00 bits per heavy atom. The number of nitrogens with zero attached hydrogens (tertiary/aromatic N) is 4. The van der Waals surface area contributed by atoms with E-state index in [1.165, 1.54) is 0 Å². The van der Waals surface area contributed by atoms with E-state index in [1.807, 2.05) is 30.3 Å². The largest absolute Gasteiger partial charge is 0.453 e. The summed E-state index contributed by atoms with van der Waals surface area (Å²) in [6.07, 6.45) is 3.30. The zero-order valence-corrected chi connectivity index (χ0v) is 12.4. The highest BCUT2D eigenvalue weighted by molar-refractivity contribution is 7.16. The van der Waals surface area contributed by atoms with Gasteiger partial charge in [0.05, 0.1) is 0 Å². The lowest BCUT2D eigenvalue weighted by Gasteiger charge is -1.92. The lowest BCUT2D eigenvalue weighted by Crippen LogP contribution is -1.91. The van der Waals surface area contributed by atoms with Gasteiger partial charge < -0.3 is 4.42 Å². The summed E-state index contributed by atoms with van der Waals surface area (Å²) in [7, 11) is 0. The number of rotatable bonds is 4. The smallest absolute Gasteiger partial charge is 0.235 e. The van der Waals surface area contributed by atoms with Gasteiger partial charge in [-0.05, 0) is 18.6 Å². The maximum absolute atomic E-state index is 5.85. The molecule has 106 valence electrons. The predicted octanol–water partition coefficient (Wildman–Crippen LogP) is 3.94. The van der Waals surface area contributed by atoms with E-state index < -0.39 is 0 Å². The zero-order valence-electron chi connectivity index (χ0n) is 11.6. The Kier molecular flexibility index (Phi) is 2.96. The second kappa shape index (κ2) is 4.96. The van der Waals surface area contributed by atoms with Crippen molar-refractivity contribution in [2.45, 2.75) is 26.2 Å². The van der Waals surface area contributed by atoms with E-state index in [0.717, 1.165) is 40.2 Å². The first kappa shape index (κ1) is 12.5. The number of furan rings is 1. The molecule has 0 amide bonds. The summed E-state index contributed by atoms with van der Waals surface area (Å²) in [5.74, 6) is 1.37. The lowest BCUT2D eigenvalue weighted by atomic mass is 10.2. The van der Waals surface area contributed by atoms with Crippen molar-refractivity contribution in [1.82, 2.24) is 19.8 Å². The summed E-state index contributed by atoms with van der Waals surface area (Å²) >= 11 is 1.60. The summed E-state index contributed by atoms with van der Waals surface area (Å²) in [6.45, 7) is 2.18. The van der Waals surface area contributed by atoms with Gasteiger partial charge in [0.15, 0.2) is 5.76 Å². The number of benzene rings is 1. The normalized spacial score (nSPS) is 11.7. The monoisotopic (exact) mass is 298 g/mol. The minimum Gasteiger partial charge on any atom is -0.453 e. The van der Waals surface area contributed by atoms with Gasteiger partial charge in [-0.25, -0.2) is 0 Å². The molecule has 3 heterocycles. The van der Waals surface area contributed by atoms with Crippen LogP contribution in [-0.4, -0.2) is 19.8 Å². The van der Waals surface area contributed by atoms with Crippen molar-refractivity contribution in [3.63, 3.8) is 0 Å². The van der Waals surface area contributed by atoms with Crippen LogP contribution in [0.2, 0.25) is 0 Å². The van der Waals surface area contributed by atoms with Crippen LogP contribution in [0.25, 0.3) is 27.5 Å². The molecule has 4 aromatic rings. The predicted molar refractivity (Wildman–Crippen MR) is 82.5 cm³/mol. The number of para-hydroxylation sites is 1. The molecule has 0 spiro atoms. The van der Waals surface area contributed by atoms with E-state index in [4.69, 9.17) is 4.42 Å². The molecule has 6 heteroatoms. The van der Waals surface area contributed by atoms with Crippen LogP contribution < -0.4 is 0 Å². The standard InChI is InChI=1S/C15H14N4OS/c1-2-3-8-13-18-19-14(16-17-15(19)21-13)12-9-10-6-4-5-7-11(10)20-12/h4-7,9H,2-3,8H2,1H3. The number of aryl methyl sites for hydroxylation is 1. The van der Waals surface area contributed by atoms with Gasteiger partial charge in [0.2, 0.25) is 10.8 Å². The van der Waals surface area contributed by atoms with Crippen LogP contribution in [0, 0.1) is 0 Å². The molecule has 0 saturated carbocycles. The number of fused-ring (bicyclic) bond motifs is 2. The maximum atomic E-state index is 5.85. The molecular formula is C15H14N4OS. The fourth-order valence-corrected chi connectivity index (χ4v) is 3.21. The summed E-state index contributed by atoms with van der Waals surface area (Å²) in [5.41, 5.74) is 0.852. The average Bonchev–Trinajstić information content (AvgIpc) is 3.17. The quantitative estimate of drug-likeness (QED) is 0.572. The fourth-order valence-electron chi connectivity index (χ4n) is 2.33. The zero-order chi connectivity index (χ0) is 14.2. The molecule has 21 heavy (non-hydrogen) atoms. The first-order valence-electron chi connectivity index (χ1n) is 7.05. The Balaban J connectivity index is 1.79. The minimum atomic E-state index is 0.667. The first-order chi connectivity index (χ1) is 10.3. The Hall–Kier alpha value is -2.21. The van der Waals surface area contributed by atoms with Crippen molar-refractivity contribution in [1.29, 1.82) is 0 Å². The van der Waals surface area contributed by atoms with Crippen molar-refractivity contribution < 1.29 is 4.42 Å². The molecule has 0 saturated heterocycles. The third kappa shape index (κ3) is 2.12. The summed E-state index contributed by atoms with van der Waals surface area (Å²) in [5, 5.41) is 15.2. The number of aromatic nitrogens is 4. The Morgan fingerprint density at radius 2 is 2.14 bits per heavy atom. The van der Waals surface area contributed by atoms with E-state index >= 15 is 0 Å². The Bertz CT molecular complexity index is 872. The van der Waals surface area contributed by atoms with Gasteiger partial charge in [-0.2, -0.15) is 9.61 Å². The minimum absolute atomic E-state index is 0.667. The molecule has 3 aromatic heterocycles. The van der Waals surface area contributed by atoms with E-state index in [0.29, 0.717) is 11.6 Å². The van der Waals surface area contributed by atoms with Crippen LogP contribution in [0.5, 0.6) is 0 Å². The molecule has 0 unspecified atom stereocenters. The number of unbranched alkanes of at least 4 members (excludes halogenated alkanes) is 1. The fraction of sp³-hybridized carbons (Fsp3) is 0.267. The molecule has 0 fully saturated rings. The van der Waals surface area contributed by atoms with Crippen molar-refractivity contribution in [3.05, 3.63) is 35.3 Å². The van der Waals surface area contributed by atoms with Crippen molar-refractivity contribution >= 4 is 27.3 Å². The first-order valence-corrected chi connectivity index (χ1v) is 7.87. The second-order valence-electron chi connectivity index (χ2n) is 4.97. The van der Waals surface area contributed by atoms with E-state index in [-0.39, 0.29) is 0 Å². The number of hydrogen-bond acceptors (Lipinski definition) is 5. The van der Waals surface area contributed by atoms with E-state index in [1.54, 1.807) is 15.9 Å². The van der Waals surface area contributed by atoms with Crippen LogP contribution in [0.4, 0.5) is 0 Å². The molecule has 0 N–H and O–H groups in total. The summed E-state index contributed by atoms with van der Waals surface area (Å²) in [6, 6.07) is 9.91. The molecule has 0 bridgehead atoms. The molecule has 4 rings (SSSR count). The molecule has 0 aliphatic rings. The van der Waals surface area contributed by atoms with Crippen LogP contribution in [0.15, 0.2) is 34.7 Å². The van der Waals surface area contributed by atoms with Gasteiger partial charge in [0, 0.05) is 11.8 Å². The average molecular weight is 298 g/mol.